The molecule has 0 aliphatic rings. The van der Waals surface area contributed by atoms with E-state index < -0.39 is 0 Å². The molecule has 0 saturated heterocycles. The summed E-state index contributed by atoms with van der Waals surface area (Å²) in [5, 5.41) is 28.8. The van der Waals surface area contributed by atoms with Gasteiger partial charge in [0.2, 0.25) is 0 Å². The number of allylic oxidation sites excluding steroid dienone is 2. The topological polar surface area (TPSA) is 60.7 Å². The fraction of sp³-hybridized carbons (Fsp3) is 0.158. The molecular formula is C19H20O3. The van der Waals surface area contributed by atoms with E-state index in [4.69, 9.17) is 0 Å². The highest BCUT2D eigenvalue weighted by molar-refractivity contribution is 5.59. The zero-order chi connectivity index (χ0) is 16.1. The maximum absolute atomic E-state index is 9.86. The maximum Gasteiger partial charge on any atom is 0.122 e. The van der Waals surface area contributed by atoms with E-state index in [9.17, 15) is 15.3 Å². The third-order valence-electron chi connectivity index (χ3n) is 3.30. The van der Waals surface area contributed by atoms with E-state index >= 15 is 0 Å². The Bertz CT molecular complexity index is 694. The molecule has 0 radical (unpaired) electrons. The van der Waals surface area contributed by atoms with Crippen molar-refractivity contribution in [2.24, 2.45) is 0 Å². The van der Waals surface area contributed by atoms with Crippen molar-refractivity contribution in [3.63, 3.8) is 0 Å². The van der Waals surface area contributed by atoms with Crippen LogP contribution in [0, 0.1) is 0 Å². The Hall–Kier alpha value is -2.68. The first kappa shape index (κ1) is 15.7. The van der Waals surface area contributed by atoms with E-state index in [0.717, 1.165) is 28.7 Å². The highest BCUT2D eigenvalue weighted by Gasteiger charge is 2.03. The smallest absolute Gasteiger partial charge is 0.122 e. The van der Waals surface area contributed by atoms with Crippen molar-refractivity contribution < 1.29 is 15.3 Å². The molecule has 0 aliphatic carbocycles. The van der Waals surface area contributed by atoms with Crippen LogP contribution in [0.15, 0.2) is 54.6 Å². The molecule has 0 unspecified atom stereocenters. The molecule has 0 saturated carbocycles. The summed E-state index contributed by atoms with van der Waals surface area (Å²) in [5.41, 5.74) is 3.60. The van der Waals surface area contributed by atoms with Crippen LogP contribution >= 0.6 is 0 Å². The predicted molar refractivity (Wildman–Crippen MR) is 89.1 cm³/mol. The molecule has 0 bridgehead atoms. The molecule has 0 amide bonds. The molecule has 22 heavy (non-hydrogen) atoms. The zero-order valence-corrected chi connectivity index (χ0v) is 12.6. The van der Waals surface area contributed by atoms with E-state index in [1.165, 1.54) is 6.07 Å². The quantitative estimate of drug-likeness (QED) is 0.725. The van der Waals surface area contributed by atoms with Crippen molar-refractivity contribution in [1.29, 1.82) is 0 Å². The lowest BCUT2D eigenvalue weighted by Gasteiger charge is -2.06. The molecule has 0 fully saturated rings. The van der Waals surface area contributed by atoms with Crippen LogP contribution in [0.2, 0.25) is 0 Å². The summed E-state index contributed by atoms with van der Waals surface area (Å²) in [6.45, 7) is 5.69. The summed E-state index contributed by atoms with van der Waals surface area (Å²) in [6.07, 6.45) is 5.13. The van der Waals surface area contributed by atoms with Gasteiger partial charge in [0.05, 0.1) is 0 Å². The number of phenols is 3. The molecule has 2 aromatic carbocycles. The second kappa shape index (κ2) is 6.85. The predicted octanol–water partition coefficient (Wildman–Crippen LogP) is 4.18. The Balaban J connectivity index is 2.13. The van der Waals surface area contributed by atoms with Gasteiger partial charge in [0.25, 0.3) is 0 Å². The van der Waals surface area contributed by atoms with Crippen LogP contribution in [0.3, 0.4) is 0 Å². The van der Waals surface area contributed by atoms with Crippen LogP contribution in [0.5, 0.6) is 17.2 Å². The minimum absolute atomic E-state index is 0.0609. The minimum atomic E-state index is 0.0609. The molecule has 2 aromatic rings. The first-order chi connectivity index (χ1) is 10.4. The van der Waals surface area contributed by atoms with Gasteiger partial charge >= 0.3 is 0 Å². The normalized spacial score (nSPS) is 11.0. The summed E-state index contributed by atoms with van der Waals surface area (Å²) < 4.78 is 0. The Morgan fingerprint density at radius 3 is 2.23 bits per heavy atom. The van der Waals surface area contributed by atoms with Gasteiger partial charge in [-0.25, -0.2) is 0 Å². The van der Waals surface area contributed by atoms with Crippen molar-refractivity contribution in [3.8, 4) is 17.2 Å². The summed E-state index contributed by atoms with van der Waals surface area (Å²) in [4.78, 5) is 0. The first-order valence-corrected chi connectivity index (χ1v) is 7.11. The van der Waals surface area contributed by atoms with E-state index in [1.54, 1.807) is 18.2 Å². The van der Waals surface area contributed by atoms with Crippen LogP contribution in [0.25, 0.3) is 6.08 Å². The van der Waals surface area contributed by atoms with Gasteiger partial charge in [0, 0.05) is 11.6 Å². The van der Waals surface area contributed by atoms with E-state index in [2.05, 4.69) is 6.58 Å². The third-order valence-corrected chi connectivity index (χ3v) is 3.30. The van der Waals surface area contributed by atoms with Crippen LogP contribution in [0.1, 0.15) is 23.6 Å². The largest absolute Gasteiger partial charge is 0.508 e. The van der Waals surface area contributed by atoms with Gasteiger partial charge in [-0.1, -0.05) is 30.4 Å². The van der Waals surface area contributed by atoms with E-state index in [-0.39, 0.29) is 17.2 Å². The summed E-state index contributed by atoms with van der Waals surface area (Å²) in [5.74, 6) is 0.354. The van der Waals surface area contributed by atoms with Gasteiger partial charge in [-0.3, -0.25) is 0 Å². The first-order valence-electron chi connectivity index (χ1n) is 7.11. The van der Waals surface area contributed by atoms with Crippen molar-refractivity contribution in [2.75, 3.05) is 0 Å². The Morgan fingerprint density at radius 2 is 1.59 bits per heavy atom. The monoisotopic (exact) mass is 296 g/mol. The maximum atomic E-state index is 9.86. The van der Waals surface area contributed by atoms with Crippen LogP contribution in [0.4, 0.5) is 0 Å². The number of phenolic OH excluding ortho intramolecular Hbond substituents is 3. The highest BCUT2D eigenvalue weighted by atomic mass is 16.3. The van der Waals surface area contributed by atoms with Crippen LogP contribution in [-0.2, 0) is 12.8 Å². The van der Waals surface area contributed by atoms with Crippen LogP contribution in [-0.4, -0.2) is 15.3 Å². The Morgan fingerprint density at radius 1 is 0.955 bits per heavy atom. The SMILES string of the molecule is C=C(C)/C=C/c1cc(CCc2cc(O)cc(O)c2)ccc1O. The molecular weight excluding hydrogens is 276 g/mol. The highest BCUT2D eigenvalue weighted by Crippen LogP contribution is 2.24. The van der Waals surface area contributed by atoms with Gasteiger partial charge in [-0.05, 0) is 55.2 Å². The zero-order valence-electron chi connectivity index (χ0n) is 12.6. The van der Waals surface area contributed by atoms with Crippen LogP contribution < -0.4 is 0 Å². The lowest BCUT2D eigenvalue weighted by molar-refractivity contribution is 0.449. The average molecular weight is 296 g/mol. The van der Waals surface area contributed by atoms with Crippen molar-refractivity contribution in [3.05, 3.63) is 71.3 Å². The summed E-state index contributed by atoms with van der Waals surface area (Å²) >= 11 is 0. The number of hydrogen-bond donors (Lipinski definition) is 3. The summed E-state index contributed by atoms with van der Waals surface area (Å²) in [6, 6.07) is 10.1. The molecule has 0 spiro atoms. The molecule has 3 N–H and O–H groups in total. The molecule has 3 nitrogen and oxygen atoms in total. The summed E-state index contributed by atoms with van der Waals surface area (Å²) in [7, 11) is 0. The van der Waals surface area contributed by atoms with Gasteiger partial charge in [-0.2, -0.15) is 0 Å². The van der Waals surface area contributed by atoms with Gasteiger partial charge < -0.3 is 15.3 Å². The number of rotatable bonds is 5. The van der Waals surface area contributed by atoms with Crippen molar-refractivity contribution in [1.82, 2.24) is 0 Å². The second-order valence-electron chi connectivity index (χ2n) is 5.43. The molecule has 0 heterocycles. The standard InChI is InChI=1S/C19H20O3/c1-13(2)3-7-16-9-14(6-8-19(16)22)4-5-15-10-17(20)12-18(21)11-15/h3,6-12,20-22H,1,4-5H2,2H3/b7-3+. The molecule has 0 aromatic heterocycles. The van der Waals surface area contributed by atoms with Gasteiger partial charge in [0.15, 0.2) is 0 Å². The third kappa shape index (κ3) is 4.42. The van der Waals surface area contributed by atoms with Gasteiger partial charge in [-0.15, -0.1) is 0 Å². The molecule has 2 rings (SSSR count). The fourth-order valence-corrected chi connectivity index (χ4v) is 2.21. The van der Waals surface area contributed by atoms with Crippen molar-refractivity contribution >= 4 is 6.08 Å². The van der Waals surface area contributed by atoms with E-state index in [0.29, 0.717) is 6.42 Å². The average Bonchev–Trinajstić information content (AvgIpc) is 2.44. The lowest BCUT2D eigenvalue weighted by Crippen LogP contribution is -1.92. The molecule has 0 aliphatic heterocycles. The molecule has 3 heteroatoms. The molecule has 0 atom stereocenters. The van der Waals surface area contributed by atoms with E-state index in [1.807, 2.05) is 31.2 Å². The number of aromatic hydroxyl groups is 3. The Labute approximate surface area is 130 Å². The number of aryl methyl sites for hydroxylation is 2. The minimum Gasteiger partial charge on any atom is -0.508 e. The second-order valence-corrected chi connectivity index (χ2v) is 5.43. The fourth-order valence-electron chi connectivity index (χ4n) is 2.21. The molecule has 114 valence electrons. The number of hydrogen-bond acceptors (Lipinski definition) is 3. The number of benzene rings is 2. The Kier molecular flexibility index (Phi) is 4.89. The van der Waals surface area contributed by atoms with Crippen molar-refractivity contribution in [2.45, 2.75) is 19.8 Å². The lowest BCUT2D eigenvalue weighted by atomic mass is 10.0. The van der Waals surface area contributed by atoms with Gasteiger partial charge in [0.1, 0.15) is 17.2 Å².